The molecule has 0 radical (unpaired) electrons. The van der Waals surface area contributed by atoms with Gasteiger partial charge in [0.05, 0.1) is 0 Å². The Kier molecular flexibility index (Phi) is 3.42. The van der Waals surface area contributed by atoms with Crippen molar-refractivity contribution >= 4 is 0 Å². The van der Waals surface area contributed by atoms with Crippen molar-refractivity contribution in [3.63, 3.8) is 0 Å². The average Bonchev–Trinajstić information content (AvgIpc) is 2.39. The first-order valence-electron chi connectivity index (χ1n) is 5.64. The molecule has 0 atom stereocenters. The standard InChI is InChI=1S/C12H23N3/c1-8(2)14-10(5)11(6)15(9(3)4)12(14)13-7/h8-9H,1-7H3. The molecule has 86 valence electrons. The van der Waals surface area contributed by atoms with Gasteiger partial charge < -0.3 is 9.13 Å². The zero-order valence-corrected chi connectivity index (χ0v) is 11.0. The lowest BCUT2D eigenvalue weighted by Crippen LogP contribution is -2.29. The lowest BCUT2D eigenvalue weighted by molar-refractivity contribution is 0.501. The van der Waals surface area contributed by atoms with E-state index in [4.69, 9.17) is 0 Å². The molecule has 0 amide bonds. The summed E-state index contributed by atoms with van der Waals surface area (Å²) in [4.78, 5) is 4.42. The first-order valence-corrected chi connectivity index (χ1v) is 5.64. The van der Waals surface area contributed by atoms with Gasteiger partial charge in [-0.3, -0.25) is 4.99 Å². The maximum absolute atomic E-state index is 4.42. The molecule has 0 aliphatic heterocycles. The van der Waals surface area contributed by atoms with Gasteiger partial charge in [-0.1, -0.05) is 0 Å². The second kappa shape index (κ2) is 4.25. The van der Waals surface area contributed by atoms with Gasteiger partial charge in [0.1, 0.15) is 0 Å². The molecule has 3 heteroatoms. The zero-order chi connectivity index (χ0) is 11.7. The highest BCUT2D eigenvalue weighted by Crippen LogP contribution is 2.14. The van der Waals surface area contributed by atoms with Gasteiger partial charge in [0, 0.05) is 30.5 Å². The molecule has 0 saturated heterocycles. The van der Waals surface area contributed by atoms with Gasteiger partial charge in [0.15, 0.2) is 0 Å². The Bertz CT molecular complexity index is 371. The molecule has 15 heavy (non-hydrogen) atoms. The number of aromatic nitrogens is 2. The predicted molar refractivity (Wildman–Crippen MR) is 64.2 cm³/mol. The minimum Gasteiger partial charge on any atom is -0.312 e. The Balaban J connectivity index is 3.63. The molecule has 0 aromatic carbocycles. The van der Waals surface area contributed by atoms with E-state index in [1.54, 1.807) is 0 Å². The van der Waals surface area contributed by atoms with Crippen LogP contribution in [0.2, 0.25) is 0 Å². The van der Waals surface area contributed by atoms with Crippen LogP contribution >= 0.6 is 0 Å². The second-order valence-corrected chi connectivity index (χ2v) is 4.62. The fourth-order valence-corrected chi connectivity index (χ4v) is 2.22. The quantitative estimate of drug-likeness (QED) is 0.714. The third kappa shape index (κ3) is 1.87. The van der Waals surface area contributed by atoms with E-state index in [1.807, 2.05) is 7.05 Å². The summed E-state index contributed by atoms with van der Waals surface area (Å²) in [6.45, 7) is 13.1. The van der Waals surface area contributed by atoms with E-state index in [1.165, 1.54) is 11.4 Å². The van der Waals surface area contributed by atoms with Crippen molar-refractivity contribution in [2.24, 2.45) is 4.99 Å². The maximum Gasteiger partial charge on any atom is 0.205 e. The topological polar surface area (TPSA) is 22.2 Å². The highest BCUT2D eigenvalue weighted by molar-refractivity contribution is 5.13. The molecular weight excluding hydrogens is 186 g/mol. The molecule has 1 heterocycles. The zero-order valence-electron chi connectivity index (χ0n) is 11.0. The summed E-state index contributed by atoms with van der Waals surface area (Å²) in [5.74, 6) is 0. The monoisotopic (exact) mass is 209 g/mol. The number of nitrogens with zero attached hydrogens (tertiary/aromatic N) is 3. The van der Waals surface area contributed by atoms with E-state index >= 15 is 0 Å². The highest BCUT2D eigenvalue weighted by Gasteiger charge is 2.15. The lowest BCUT2D eigenvalue weighted by atomic mass is 10.3. The van der Waals surface area contributed by atoms with Crippen molar-refractivity contribution in [3.05, 3.63) is 17.0 Å². The molecule has 0 N–H and O–H groups in total. The smallest absolute Gasteiger partial charge is 0.205 e. The van der Waals surface area contributed by atoms with Crippen LogP contribution in [0.5, 0.6) is 0 Å². The van der Waals surface area contributed by atoms with Crippen LogP contribution in [0.4, 0.5) is 0 Å². The Labute approximate surface area is 92.5 Å². The maximum atomic E-state index is 4.42. The Hall–Kier alpha value is -0.990. The molecule has 0 bridgehead atoms. The second-order valence-electron chi connectivity index (χ2n) is 4.62. The first kappa shape index (κ1) is 12.1. The summed E-state index contributed by atoms with van der Waals surface area (Å²) in [6, 6.07) is 0.921. The fourth-order valence-electron chi connectivity index (χ4n) is 2.22. The lowest BCUT2D eigenvalue weighted by Gasteiger charge is -2.11. The van der Waals surface area contributed by atoms with Gasteiger partial charge >= 0.3 is 0 Å². The van der Waals surface area contributed by atoms with Gasteiger partial charge in [0.2, 0.25) is 5.62 Å². The van der Waals surface area contributed by atoms with Gasteiger partial charge in [0.25, 0.3) is 0 Å². The Morgan fingerprint density at radius 2 is 1.20 bits per heavy atom. The number of hydrogen-bond donors (Lipinski definition) is 0. The minimum atomic E-state index is 0.461. The summed E-state index contributed by atoms with van der Waals surface area (Å²) in [6.07, 6.45) is 0. The van der Waals surface area contributed by atoms with Crippen molar-refractivity contribution in [2.45, 2.75) is 53.6 Å². The summed E-state index contributed by atoms with van der Waals surface area (Å²) >= 11 is 0. The molecule has 1 rings (SSSR count). The van der Waals surface area contributed by atoms with Gasteiger partial charge in [-0.05, 0) is 41.5 Å². The van der Waals surface area contributed by atoms with E-state index in [0.717, 1.165) is 5.62 Å². The number of hydrogen-bond acceptors (Lipinski definition) is 1. The molecule has 0 fully saturated rings. The molecule has 0 saturated carbocycles. The minimum absolute atomic E-state index is 0.461. The third-order valence-corrected chi connectivity index (χ3v) is 2.91. The van der Waals surface area contributed by atoms with Crippen LogP contribution in [0.25, 0.3) is 0 Å². The largest absolute Gasteiger partial charge is 0.312 e. The molecule has 1 aromatic heterocycles. The SMILES string of the molecule is CN=c1n(C(C)C)c(C)c(C)n1C(C)C. The molecule has 1 aromatic rings. The molecular formula is C12H23N3. The molecule has 0 spiro atoms. The van der Waals surface area contributed by atoms with Gasteiger partial charge in [-0.15, -0.1) is 0 Å². The summed E-state index contributed by atoms with van der Waals surface area (Å²) in [5.41, 5.74) is 3.72. The van der Waals surface area contributed by atoms with Crippen LogP contribution in [0.3, 0.4) is 0 Å². The summed E-state index contributed by atoms with van der Waals surface area (Å²) < 4.78 is 4.60. The molecule has 0 aliphatic carbocycles. The molecule has 3 nitrogen and oxygen atoms in total. The fraction of sp³-hybridized carbons (Fsp3) is 0.750. The first-order chi connectivity index (χ1) is 6.91. The van der Waals surface area contributed by atoms with Crippen LogP contribution in [-0.2, 0) is 0 Å². The molecule has 0 unspecified atom stereocenters. The summed E-state index contributed by atoms with van der Waals surface area (Å²) in [7, 11) is 1.87. The van der Waals surface area contributed by atoms with Crippen molar-refractivity contribution in [1.82, 2.24) is 9.13 Å². The van der Waals surface area contributed by atoms with Crippen LogP contribution < -0.4 is 5.62 Å². The van der Waals surface area contributed by atoms with E-state index in [0.29, 0.717) is 12.1 Å². The van der Waals surface area contributed by atoms with Crippen LogP contribution in [0.15, 0.2) is 4.99 Å². The van der Waals surface area contributed by atoms with E-state index in [2.05, 4.69) is 55.7 Å². The highest BCUT2D eigenvalue weighted by atomic mass is 15.2. The number of imidazole rings is 1. The van der Waals surface area contributed by atoms with E-state index in [-0.39, 0.29) is 0 Å². The Morgan fingerprint density at radius 3 is 1.40 bits per heavy atom. The van der Waals surface area contributed by atoms with Crippen LogP contribution in [0.1, 0.15) is 51.2 Å². The van der Waals surface area contributed by atoms with Gasteiger partial charge in [-0.25, -0.2) is 0 Å². The van der Waals surface area contributed by atoms with Crippen molar-refractivity contribution in [3.8, 4) is 0 Å². The number of rotatable bonds is 2. The van der Waals surface area contributed by atoms with Gasteiger partial charge in [-0.2, -0.15) is 0 Å². The third-order valence-electron chi connectivity index (χ3n) is 2.91. The van der Waals surface area contributed by atoms with E-state index in [9.17, 15) is 0 Å². The average molecular weight is 209 g/mol. The summed E-state index contributed by atoms with van der Waals surface area (Å²) in [5, 5.41) is 0. The van der Waals surface area contributed by atoms with Crippen molar-refractivity contribution < 1.29 is 0 Å². The van der Waals surface area contributed by atoms with Crippen LogP contribution in [0, 0.1) is 13.8 Å². The molecule has 0 aliphatic rings. The van der Waals surface area contributed by atoms with Crippen molar-refractivity contribution in [2.75, 3.05) is 7.05 Å². The Morgan fingerprint density at radius 1 is 0.867 bits per heavy atom. The predicted octanol–water partition coefficient (Wildman–Crippen LogP) is 2.60. The van der Waals surface area contributed by atoms with E-state index < -0.39 is 0 Å². The van der Waals surface area contributed by atoms with Crippen LogP contribution in [-0.4, -0.2) is 16.2 Å². The van der Waals surface area contributed by atoms with Crippen molar-refractivity contribution in [1.29, 1.82) is 0 Å². The normalized spacial score (nSPS) is 11.5.